The molecular formula is C20H18ClN5OS. The van der Waals surface area contributed by atoms with Gasteiger partial charge in [0.2, 0.25) is 17.0 Å². The van der Waals surface area contributed by atoms with Crippen molar-refractivity contribution in [3.05, 3.63) is 82.0 Å². The molecule has 0 radical (unpaired) electrons. The van der Waals surface area contributed by atoms with Crippen molar-refractivity contribution in [3.8, 4) is 0 Å². The summed E-state index contributed by atoms with van der Waals surface area (Å²) in [6.07, 6.45) is 0. The van der Waals surface area contributed by atoms with E-state index in [1.165, 1.54) is 17.3 Å². The van der Waals surface area contributed by atoms with E-state index < -0.39 is 11.9 Å². The fraction of sp³-hybridized carbons (Fsp3) is 0.150. The minimum Gasteiger partial charge on any atom is -0.366 e. The highest BCUT2D eigenvalue weighted by Crippen LogP contribution is 2.38. The minimum absolute atomic E-state index is 0.421. The van der Waals surface area contributed by atoms with E-state index in [9.17, 15) is 4.79 Å². The topological polar surface area (TPSA) is 85.8 Å². The van der Waals surface area contributed by atoms with Crippen LogP contribution in [0.4, 0.5) is 5.95 Å². The van der Waals surface area contributed by atoms with Crippen LogP contribution in [0.3, 0.4) is 0 Å². The van der Waals surface area contributed by atoms with E-state index >= 15 is 0 Å². The smallest absolute Gasteiger partial charge is 0.248 e. The van der Waals surface area contributed by atoms with Gasteiger partial charge >= 0.3 is 0 Å². The van der Waals surface area contributed by atoms with Crippen LogP contribution in [-0.2, 0) is 10.5 Å². The zero-order chi connectivity index (χ0) is 19.7. The van der Waals surface area contributed by atoms with Gasteiger partial charge in [-0.15, -0.1) is 5.10 Å². The third kappa shape index (κ3) is 3.50. The molecule has 0 fully saturated rings. The first-order chi connectivity index (χ1) is 13.5. The Morgan fingerprint density at radius 1 is 1.21 bits per heavy atom. The summed E-state index contributed by atoms with van der Waals surface area (Å²) in [5, 5.41) is 8.93. The molecule has 4 rings (SSSR count). The Kier molecular flexibility index (Phi) is 5.11. The third-order valence-corrected chi connectivity index (χ3v) is 5.76. The van der Waals surface area contributed by atoms with E-state index in [0.29, 0.717) is 27.4 Å². The van der Waals surface area contributed by atoms with Crippen LogP contribution in [0.1, 0.15) is 24.1 Å². The number of hydrogen-bond donors (Lipinski definition) is 2. The largest absolute Gasteiger partial charge is 0.366 e. The van der Waals surface area contributed by atoms with Gasteiger partial charge in [-0.1, -0.05) is 71.9 Å². The summed E-state index contributed by atoms with van der Waals surface area (Å²) in [6, 6.07) is 17.0. The number of allylic oxidation sites excluding steroid dienone is 1. The first-order valence-electron chi connectivity index (χ1n) is 8.70. The van der Waals surface area contributed by atoms with Crippen molar-refractivity contribution in [2.45, 2.75) is 23.9 Å². The van der Waals surface area contributed by atoms with Crippen LogP contribution in [0.15, 0.2) is 71.0 Å². The number of carbonyl (C=O) groups excluding carboxylic acids is 1. The number of fused-ring (bicyclic) bond motifs is 1. The quantitative estimate of drug-likeness (QED) is 0.620. The maximum absolute atomic E-state index is 12.2. The van der Waals surface area contributed by atoms with Crippen molar-refractivity contribution in [1.82, 2.24) is 14.8 Å². The molecule has 6 nitrogen and oxygen atoms in total. The van der Waals surface area contributed by atoms with Gasteiger partial charge in [0.15, 0.2) is 0 Å². The van der Waals surface area contributed by atoms with Crippen LogP contribution in [-0.4, -0.2) is 20.7 Å². The molecule has 3 N–H and O–H groups in total. The number of nitrogens with zero attached hydrogens (tertiary/aromatic N) is 3. The summed E-state index contributed by atoms with van der Waals surface area (Å²) in [6.45, 7) is 1.80. The molecule has 1 atom stereocenters. The van der Waals surface area contributed by atoms with E-state index in [2.05, 4.69) is 27.5 Å². The van der Waals surface area contributed by atoms with Gasteiger partial charge in [0.1, 0.15) is 6.04 Å². The Morgan fingerprint density at radius 3 is 2.64 bits per heavy atom. The summed E-state index contributed by atoms with van der Waals surface area (Å²) < 4.78 is 1.68. The first kappa shape index (κ1) is 18.6. The molecule has 1 amide bonds. The molecule has 8 heteroatoms. The number of halogens is 1. The molecule has 0 aliphatic carbocycles. The van der Waals surface area contributed by atoms with Gasteiger partial charge in [-0.25, -0.2) is 4.68 Å². The van der Waals surface area contributed by atoms with Crippen LogP contribution in [0.2, 0.25) is 5.02 Å². The van der Waals surface area contributed by atoms with Crippen molar-refractivity contribution in [3.63, 3.8) is 0 Å². The number of amides is 1. The van der Waals surface area contributed by atoms with Crippen molar-refractivity contribution in [1.29, 1.82) is 0 Å². The number of aromatic nitrogens is 3. The second-order valence-corrected chi connectivity index (χ2v) is 7.74. The molecule has 0 spiro atoms. The monoisotopic (exact) mass is 411 g/mol. The van der Waals surface area contributed by atoms with Crippen LogP contribution in [0.25, 0.3) is 0 Å². The second kappa shape index (κ2) is 7.69. The highest BCUT2D eigenvalue weighted by Gasteiger charge is 2.34. The molecule has 3 aromatic rings. The van der Waals surface area contributed by atoms with Crippen LogP contribution < -0.4 is 11.1 Å². The number of anilines is 1. The fourth-order valence-electron chi connectivity index (χ4n) is 3.22. The number of benzene rings is 2. The highest BCUT2D eigenvalue weighted by molar-refractivity contribution is 7.98. The van der Waals surface area contributed by atoms with Crippen LogP contribution in [0.5, 0.6) is 0 Å². The Bertz CT molecular complexity index is 1060. The molecule has 0 saturated carbocycles. The number of primary amides is 1. The zero-order valence-electron chi connectivity index (χ0n) is 15.1. The summed E-state index contributed by atoms with van der Waals surface area (Å²) in [5.41, 5.74) is 8.70. The average Bonchev–Trinajstić information content (AvgIpc) is 3.09. The van der Waals surface area contributed by atoms with E-state index in [-0.39, 0.29) is 0 Å². The third-order valence-electron chi connectivity index (χ3n) is 4.51. The number of thioether (sulfide) groups is 1. The lowest BCUT2D eigenvalue weighted by molar-refractivity contribution is -0.115. The van der Waals surface area contributed by atoms with E-state index in [1.54, 1.807) is 17.7 Å². The van der Waals surface area contributed by atoms with Gasteiger partial charge in [0, 0.05) is 22.0 Å². The number of nitrogens with two attached hydrogens (primary N) is 1. The molecule has 2 aromatic carbocycles. The van der Waals surface area contributed by atoms with E-state index in [1.807, 2.05) is 36.4 Å². The Morgan fingerprint density at radius 2 is 1.93 bits per heavy atom. The van der Waals surface area contributed by atoms with Gasteiger partial charge < -0.3 is 11.1 Å². The van der Waals surface area contributed by atoms with Gasteiger partial charge in [-0.3, -0.25) is 4.79 Å². The van der Waals surface area contributed by atoms with Crippen molar-refractivity contribution >= 4 is 35.2 Å². The SMILES string of the molecule is CC1=C(C(N)=O)C(c2ccccc2Cl)n2nc(SCc3ccccc3)nc2N1. The fourth-order valence-corrected chi connectivity index (χ4v) is 4.24. The van der Waals surface area contributed by atoms with Gasteiger partial charge in [0.25, 0.3) is 0 Å². The van der Waals surface area contributed by atoms with Crippen LogP contribution >= 0.6 is 23.4 Å². The molecule has 1 aromatic heterocycles. The highest BCUT2D eigenvalue weighted by atomic mass is 35.5. The zero-order valence-corrected chi connectivity index (χ0v) is 16.7. The lowest BCUT2D eigenvalue weighted by Crippen LogP contribution is -2.32. The summed E-state index contributed by atoms with van der Waals surface area (Å²) >= 11 is 7.96. The minimum atomic E-state index is -0.527. The Balaban J connectivity index is 1.72. The summed E-state index contributed by atoms with van der Waals surface area (Å²) in [4.78, 5) is 16.8. The lowest BCUT2D eigenvalue weighted by Gasteiger charge is -2.28. The van der Waals surface area contributed by atoms with Gasteiger partial charge in [-0.2, -0.15) is 4.98 Å². The molecule has 142 valence electrons. The molecular weight excluding hydrogens is 394 g/mol. The first-order valence-corrected chi connectivity index (χ1v) is 10.1. The van der Waals surface area contributed by atoms with Crippen LogP contribution in [0, 0.1) is 0 Å². The number of carbonyl (C=O) groups is 1. The molecule has 1 aliphatic rings. The lowest BCUT2D eigenvalue weighted by atomic mass is 9.95. The number of nitrogens with one attached hydrogen (secondary N) is 1. The predicted molar refractivity (Wildman–Crippen MR) is 111 cm³/mol. The summed E-state index contributed by atoms with van der Waals surface area (Å²) in [7, 11) is 0. The van der Waals surface area contributed by atoms with E-state index in [0.717, 1.165) is 11.3 Å². The molecule has 1 unspecified atom stereocenters. The summed E-state index contributed by atoms with van der Waals surface area (Å²) in [5.74, 6) is 0.786. The Hall–Kier alpha value is -2.77. The number of rotatable bonds is 5. The van der Waals surface area contributed by atoms with Gasteiger partial charge in [-0.05, 0) is 18.6 Å². The second-order valence-electron chi connectivity index (χ2n) is 6.39. The molecule has 1 aliphatic heterocycles. The maximum atomic E-state index is 12.2. The predicted octanol–water partition coefficient (Wildman–Crippen LogP) is 4.00. The maximum Gasteiger partial charge on any atom is 0.248 e. The standard InChI is InChI=1S/C20H18ClN5OS/c1-12-16(18(22)27)17(14-9-5-6-10-15(14)21)26-19(23-12)24-20(25-26)28-11-13-7-3-2-4-8-13/h2-10,17H,11H2,1H3,(H2,22,27)(H,23,24,25). The normalized spacial score (nSPS) is 15.9. The molecule has 0 saturated heterocycles. The number of hydrogen-bond acceptors (Lipinski definition) is 5. The van der Waals surface area contributed by atoms with Crippen molar-refractivity contribution in [2.24, 2.45) is 5.73 Å². The molecule has 0 bridgehead atoms. The average molecular weight is 412 g/mol. The van der Waals surface area contributed by atoms with Gasteiger partial charge in [0.05, 0.1) is 5.57 Å². The van der Waals surface area contributed by atoms with E-state index in [4.69, 9.17) is 17.3 Å². The Labute approximate surface area is 171 Å². The van der Waals surface area contributed by atoms with Crippen molar-refractivity contribution < 1.29 is 4.79 Å². The molecule has 2 heterocycles. The van der Waals surface area contributed by atoms with Crippen molar-refractivity contribution in [2.75, 3.05) is 5.32 Å². The molecule has 28 heavy (non-hydrogen) atoms.